The monoisotopic (exact) mass is 492 g/mol. The van der Waals surface area contributed by atoms with Crippen molar-refractivity contribution < 1.29 is 23.9 Å². The lowest BCUT2D eigenvalue weighted by atomic mass is 9.77. The molecule has 2 fully saturated rings. The van der Waals surface area contributed by atoms with Gasteiger partial charge in [-0.3, -0.25) is 4.79 Å². The lowest BCUT2D eigenvalue weighted by molar-refractivity contribution is -0.146. The Bertz CT molecular complexity index is 896. The van der Waals surface area contributed by atoms with E-state index >= 15 is 0 Å². The second-order valence-electron chi connectivity index (χ2n) is 9.97. The van der Waals surface area contributed by atoms with Crippen LogP contribution < -0.4 is 5.32 Å². The Labute approximate surface area is 205 Å². The molecule has 1 N–H and O–H groups in total. The fourth-order valence-electron chi connectivity index (χ4n) is 4.47. The summed E-state index contributed by atoms with van der Waals surface area (Å²) in [4.78, 5) is 46.1. The van der Waals surface area contributed by atoms with E-state index in [-0.39, 0.29) is 24.0 Å². The lowest BCUT2D eigenvalue weighted by Crippen LogP contribution is -2.51. The van der Waals surface area contributed by atoms with Crippen molar-refractivity contribution in [1.82, 2.24) is 20.1 Å². The molecular weight excluding hydrogens is 456 g/mol. The third-order valence-electron chi connectivity index (χ3n) is 6.50. The maximum Gasteiger partial charge on any atom is 0.330 e. The molecule has 0 aliphatic carbocycles. The average Bonchev–Trinajstić information content (AvgIpc) is 3.24. The van der Waals surface area contributed by atoms with Gasteiger partial charge in [0.2, 0.25) is 0 Å². The van der Waals surface area contributed by atoms with Crippen LogP contribution in [0.15, 0.2) is 23.4 Å². The molecule has 1 atom stereocenters. The molecule has 2 aliphatic rings. The normalized spacial score (nSPS) is 18.6. The van der Waals surface area contributed by atoms with Crippen LogP contribution in [0.1, 0.15) is 50.4 Å². The number of hydrogen-bond acceptors (Lipinski definition) is 7. The number of ether oxygens (including phenoxy) is 2. The molecule has 3 heterocycles. The number of amides is 3. The summed E-state index contributed by atoms with van der Waals surface area (Å²) in [6, 6.07) is 2.47. The van der Waals surface area contributed by atoms with E-state index in [1.54, 1.807) is 17.2 Å². The zero-order chi connectivity index (χ0) is 24.9. The number of pyridine rings is 1. The predicted octanol–water partition coefficient (Wildman–Crippen LogP) is 2.80. The number of piperidine rings is 1. The van der Waals surface area contributed by atoms with Gasteiger partial charge in [0, 0.05) is 32.4 Å². The van der Waals surface area contributed by atoms with Gasteiger partial charge < -0.3 is 24.6 Å². The third kappa shape index (κ3) is 6.41. The van der Waals surface area contributed by atoms with Crippen molar-refractivity contribution in [3.63, 3.8) is 0 Å². The van der Waals surface area contributed by atoms with Crippen molar-refractivity contribution in [2.24, 2.45) is 5.41 Å². The van der Waals surface area contributed by atoms with Crippen LogP contribution in [-0.4, -0.2) is 90.5 Å². The minimum absolute atomic E-state index is 0.00589. The lowest BCUT2D eigenvalue weighted by Gasteiger charge is -2.39. The predicted molar refractivity (Wildman–Crippen MR) is 130 cm³/mol. The van der Waals surface area contributed by atoms with Crippen LogP contribution in [0, 0.1) is 5.41 Å². The van der Waals surface area contributed by atoms with Gasteiger partial charge in [-0.1, -0.05) is 0 Å². The number of urea groups is 1. The minimum Gasteiger partial charge on any atom is -0.467 e. The Morgan fingerprint density at radius 2 is 1.82 bits per heavy atom. The molecule has 10 heteroatoms. The number of likely N-dealkylation sites (tertiary alicyclic amines) is 2. The number of methoxy groups -OCH3 is 1. The van der Waals surface area contributed by atoms with E-state index in [1.165, 1.54) is 18.9 Å². The van der Waals surface area contributed by atoms with Crippen molar-refractivity contribution >= 4 is 29.7 Å². The van der Waals surface area contributed by atoms with Crippen molar-refractivity contribution in [2.45, 2.75) is 56.7 Å². The maximum atomic E-state index is 13.0. The minimum atomic E-state index is -0.863. The highest BCUT2D eigenvalue weighted by molar-refractivity contribution is 7.98. The van der Waals surface area contributed by atoms with E-state index in [1.807, 2.05) is 38.0 Å². The first kappa shape index (κ1) is 26.3. The highest BCUT2D eigenvalue weighted by Crippen LogP contribution is 2.40. The molecule has 3 amide bonds. The van der Waals surface area contributed by atoms with Crippen molar-refractivity contribution in [1.29, 1.82) is 0 Å². The summed E-state index contributed by atoms with van der Waals surface area (Å²) >= 11 is 1.47. The Morgan fingerprint density at radius 3 is 2.41 bits per heavy atom. The van der Waals surface area contributed by atoms with Crippen LogP contribution in [-0.2, 0) is 14.3 Å². The maximum absolute atomic E-state index is 13.0. The number of esters is 1. The van der Waals surface area contributed by atoms with E-state index in [0.29, 0.717) is 31.7 Å². The first-order valence-corrected chi connectivity index (χ1v) is 12.9. The summed E-state index contributed by atoms with van der Waals surface area (Å²) in [5, 5.41) is 3.52. The topological polar surface area (TPSA) is 101 Å². The molecule has 9 nitrogen and oxygen atoms in total. The Hall–Kier alpha value is -2.33. The van der Waals surface area contributed by atoms with Crippen LogP contribution >= 0.6 is 11.8 Å². The zero-order valence-electron chi connectivity index (χ0n) is 20.8. The third-order valence-corrected chi connectivity index (χ3v) is 7.21. The Morgan fingerprint density at radius 1 is 1.18 bits per heavy atom. The molecule has 0 radical (unpaired) electrons. The van der Waals surface area contributed by atoms with E-state index < -0.39 is 17.6 Å². The molecule has 0 unspecified atom stereocenters. The number of nitrogens with zero attached hydrogens (tertiary/aromatic N) is 3. The van der Waals surface area contributed by atoms with Gasteiger partial charge in [0.05, 0.1) is 24.9 Å². The summed E-state index contributed by atoms with van der Waals surface area (Å²) < 4.78 is 10.5. The highest BCUT2D eigenvalue weighted by atomic mass is 32.2. The van der Waals surface area contributed by atoms with Gasteiger partial charge in [-0.2, -0.15) is 0 Å². The fraction of sp³-hybridized carbons (Fsp3) is 0.667. The quantitative estimate of drug-likeness (QED) is 0.481. The van der Waals surface area contributed by atoms with Gasteiger partial charge in [0.25, 0.3) is 5.91 Å². The van der Waals surface area contributed by atoms with Gasteiger partial charge in [-0.15, -0.1) is 11.8 Å². The molecule has 1 spiro atoms. The largest absolute Gasteiger partial charge is 0.467 e. The van der Waals surface area contributed by atoms with Crippen molar-refractivity contribution in [2.75, 3.05) is 46.2 Å². The standard InChI is InChI=1S/C24H36N4O5S/c1-23(2,3)33-15-18(21(30)32-4)26-22(31)28-14-10-24(16-28)8-12-27(13-9-24)20(29)17-7-6-11-25-19(17)34-5/h6-7,11,18H,8-10,12-16H2,1-5H3,(H,26,31)/t18-/m0/s1. The van der Waals surface area contributed by atoms with Gasteiger partial charge in [0.15, 0.2) is 6.04 Å². The van der Waals surface area contributed by atoms with Crippen molar-refractivity contribution in [3.05, 3.63) is 23.9 Å². The summed E-state index contributed by atoms with van der Waals surface area (Å²) in [6.45, 7) is 8.25. The van der Waals surface area contributed by atoms with Crippen LogP contribution in [0.3, 0.4) is 0 Å². The first-order chi connectivity index (χ1) is 16.1. The van der Waals surface area contributed by atoms with Gasteiger partial charge >= 0.3 is 12.0 Å². The zero-order valence-corrected chi connectivity index (χ0v) is 21.6. The van der Waals surface area contributed by atoms with E-state index in [0.717, 1.165) is 24.3 Å². The van der Waals surface area contributed by atoms with Crippen LogP contribution in [0.4, 0.5) is 4.79 Å². The summed E-state index contributed by atoms with van der Waals surface area (Å²) in [5.74, 6) is -0.516. The van der Waals surface area contributed by atoms with E-state index in [2.05, 4.69) is 10.3 Å². The van der Waals surface area contributed by atoms with Gasteiger partial charge in [-0.25, -0.2) is 14.6 Å². The summed E-state index contributed by atoms with van der Waals surface area (Å²) in [7, 11) is 1.30. The molecule has 2 saturated heterocycles. The second-order valence-corrected chi connectivity index (χ2v) is 10.8. The highest BCUT2D eigenvalue weighted by Gasteiger charge is 2.43. The molecule has 2 aliphatic heterocycles. The van der Waals surface area contributed by atoms with Gasteiger partial charge in [0.1, 0.15) is 5.03 Å². The number of aromatic nitrogens is 1. The van der Waals surface area contributed by atoms with Crippen LogP contribution in [0.5, 0.6) is 0 Å². The fourth-order valence-corrected chi connectivity index (χ4v) is 5.01. The number of carbonyl (C=O) groups excluding carboxylic acids is 3. The number of nitrogens with one attached hydrogen (secondary N) is 1. The molecule has 0 saturated carbocycles. The number of carbonyl (C=O) groups is 3. The second kappa shape index (κ2) is 10.9. The molecule has 0 aromatic carbocycles. The van der Waals surface area contributed by atoms with Crippen LogP contribution in [0.25, 0.3) is 0 Å². The van der Waals surface area contributed by atoms with Crippen LogP contribution in [0.2, 0.25) is 0 Å². The SMILES string of the molecule is COC(=O)[C@H](COC(C)(C)C)NC(=O)N1CCC2(CCN(C(=O)c3cccnc3SC)CC2)C1. The average molecular weight is 493 g/mol. The Balaban J connectivity index is 1.56. The van der Waals surface area contributed by atoms with E-state index in [9.17, 15) is 14.4 Å². The van der Waals surface area contributed by atoms with Crippen molar-refractivity contribution in [3.8, 4) is 0 Å². The van der Waals surface area contributed by atoms with Gasteiger partial charge in [-0.05, 0) is 63.8 Å². The van der Waals surface area contributed by atoms with E-state index in [4.69, 9.17) is 9.47 Å². The molecule has 1 aromatic heterocycles. The number of thioether (sulfide) groups is 1. The summed E-state index contributed by atoms with van der Waals surface area (Å²) in [6.07, 6.45) is 6.18. The first-order valence-electron chi connectivity index (χ1n) is 11.6. The molecule has 3 rings (SSSR count). The number of hydrogen-bond donors (Lipinski definition) is 1. The molecule has 188 valence electrons. The molecule has 0 bridgehead atoms. The molecule has 1 aromatic rings. The molecular formula is C24H36N4O5S. The number of rotatable bonds is 6. The Kier molecular flexibility index (Phi) is 8.46. The molecule has 34 heavy (non-hydrogen) atoms. The summed E-state index contributed by atoms with van der Waals surface area (Å²) in [5.41, 5.74) is 0.199. The smallest absolute Gasteiger partial charge is 0.330 e.